The zero-order valence-electron chi connectivity index (χ0n) is 13.4. The van der Waals surface area contributed by atoms with Gasteiger partial charge in [-0.25, -0.2) is 0 Å². The van der Waals surface area contributed by atoms with Crippen LogP contribution in [0.15, 0.2) is 48.8 Å². The second kappa shape index (κ2) is 6.72. The molecule has 0 amide bonds. The Labute approximate surface area is 128 Å². The van der Waals surface area contributed by atoms with Crippen LogP contribution in [0.4, 0.5) is 5.69 Å². The van der Waals surface area contributed by atoms with Gasteiger partial charge in [0.1, 0.15) is 0 Å². The molecule has 3 nitrogen and oxygen atoms in total. The van der Waals surface area contributed by atoms with Crippen LogP contribution in [0, 0.1) is 0 Å². The van der Waals surface area contributed by atoms with E-state index in [1.54, 1.807) is 0 Å². The van der Waals surface area contributed by atoms with Gasteiger partial charge in [0.15, 0.2) is 0 Å². The minimum atomic E-state index is 0.102. The minimum absolute atomic E-state index is 0.102. The maximum absolute atomic E-state index is 4.27. The standard InChI is InChI=1S/C18H25N3/c1-18(2,3)20-13-16-12-19-11-10-17(16)21(4)14-15-8-6-5-7-9-15/h5-12,20H,13-14H2,1-4H3. The Morgan fingerprint density at radius 3 is 2.48 bits per heavy atom. The summed E-state index contributed by atoms with van der Waals surface area (Å²) in [4.78, 5) is 6.54. The van der Waals surface area contributed by atoms with Crippen molar-refractivity contribution in [2.75, 3.05) is 11.9 Å². The van der Waals surface area contributed by atoms with Gasteiger partial charge in [0.25, 0.3) is 0 Å². The van der Waals surface area contributed by atoms with E-state index in [2.05, 4.69) is 79.4 Å². The molecule has 1 aromatic heterocycles. The summed E-state index contributed by atoms with van der Waals surface area (Å²) in [6.45, 7) is 8.25. The summed E-state index contributed by atoms with van der Waals surface area (Å²) in [5.74, 6) is 0. The van der Waals surface area contributed by atoms with Gasteiger partial charge in [-0.15, -0.1) is 0 Å². The lowest BCUT2D eigenvalue weighted by atomic mass is 10.1. The highest BCUT2D eigenvalue weighted by Gasteiger charge is 2.12. The normalized spacial score (nSPS) is 11.4. The van der Waals surface area contributed by atoms with E-state index in [4.69, 9.17) is 0 Å². The molecule has 2 rings (SSSR count). The van der Waals surface area contributed by atoms with Crippen LogP contribution in [0.1, 0.15) is 31.9 Å². The number of pyridine rings is 1. The molecule has 3 heteroatoms. The van der Waals surface area contributed by atoms with E-state index in [-0.39, 0.29) is 5.54 Å². The van der Waals surface area contributed by atoms with Gasteiger partial charge in [0.2, 0.25) is 0 Å². The lowest BCUT2D eigenvalue weighted by Crippen LogP contribution is -2.35. The van der Waals surface area contributed by atoms with Crippen molar-refractivity contribution in [1.82, 2.24) is 10.3 Å². The number of anilines is 1. The van der Waals surface area contributed by atoms with Crippen LogP contribution in [-0.4, -0.2) is 17.6 Å². The van der Waals surface area contributed by atoms with Gasteiger partial charge in [-0.3, -0.25) is 4.98 Å². The molecule has 0 atom stereocenters. The van der Waals surface area contributed by atoms with E-state index >= 15 is 0 Å². The third-order valence-corrected chi connectivity index (χ3v) is 3.36. The SMILES string of the molecule is CN(Cc1ccccc1)c1ccncc1CNC(C)(C)C. The summed E-state index contributed by atoms with van der Waals surface area (Å²) < 4.78 is 0. The number of nitrogens with one attached hydrogen (secondary N) is 1. The Hall–Kier alpha value is -1.87. The Bertz CT molecular complexity index is 558. The first kappa shape index (κ1) is 15.5. The van der Waals surface area contributed by atoms with Gasteiger partial charge in [-0.1, -0.05) is 30.3 Å². The summed E-state index contributed by atoms with van der Waals surface area (Å²) in [5, 5.41) is 3.53. The van der Waals surface area contributed by atoms with Gasteiger partial charge >= 0.3 is 0 Å². The van der Waals surface area contributed by atoms with Crippen molar-refractivity contribution in [3.05, 3.63) is 59.9 Å². The van der Waals surface area contributed by atoms with Crippen LogP contribution in [0.25, 0.3) is 0 Å². The van der Waals surface area contributed by atoms with Gasteiger partial charge in [0, 0.05) is 49.3 Å². The Morgan fingerprint density at radius 1 is 1.10 bits per heavy atom. The van der Waals surface area contributed by atoms with Gasteiger partial charge < -0.3 is 10.2 Å². The number of aromatic nitrogens is 1. The molecule has 112 valence electrons. The van der Waals surface area contributed by atoms with Crippen LogP contribution < -0.4 is 10.2 Å². The molecule has 1 aromatic carbocycles. The topological polar surface area (TPSA) is 28.2 Å². The largest absolute Gasteiger partial charge is 0.370 e. The molecule has 0 aliphatic rings. The molecule has 0 bridgehead atoms. The molecule has 0 fully saturated rings. The van der Waals surface area contributed by atoms with Crippen molar-refractivity contribution in [3.63, 3.8) is 0 Å². The lowest BCUT2D eigenvalue weighted by Gasteiger charge is -2.25. The fraction of sp³-hybridized carbons (Fsp3) is 0.389. The van der Waals surface area contributed by atoms with Crippen molar-refractivity contribution in [2.45, 2.75) is 39.4 Å². The number of hydrogen-bond donors (Lipinski definition) is 1. The van der Waals surface area contributed by atoms with Crippen molar-refractivity contribution >= 4 is 5.69 Å². The Balaban J connectivity index is 2.11. The maximum Gasteiger partial charge on any atom is 0.0443 e. The number of benzene rings is 1. The Morgan fingerprint density at radius 2 is 1.81 bits per heavy atom. The number of hydrogen-bond acceptors (Lipinski definition) is 3. The highest BCUT2D eigenvalue weighted by Crippen LogP contribution is 2.20. The van der Waals surface area contributed by atoms with Crippen LogP contribution in [-0.2, 0) is 13.1 Å². The van der Waals surface area contributed by atoms with Gasteiger partial charge in [-0.2, -0.15) is 0 Å². The Kier molecular flexibility index (Phi) is 4.97. The molecule has 1 N–H and O–H groups in total. The fourth-order valence-electron chi connectivity index (χ4n) is 2.23. The lowest BCUT2D eigenvalue weighted by molar-refractivity contribution is 0.424. The van der Waals surface area contributed by atoms with Crippen molar-refractivity contribution in [2.24, 2.45) is 0 Å². The average molecular weight is 283 g/mol. The second-order valence-corrected chi connectivity index (χ2v) is 6.45. The predicted octanol–water partition coefficient (Wildman–Crippen LogP) is 3.61. The first-order chi connectivity index (χ1) is 9.96. The molecule has 0 aliphatic carbocycles. The van der Waals surface area contributed by atoms with Crippen LogP contribution in [0.5, 0.6) is 0 Å². The van der Waals surface area contributed by atoms with E-state index in [1.807, 2.05) is 12.4 Å². The van der Waals surface area contributed by atoms with Crippen molar-refractivity contribution in [3.8, 4) is 0 Å². The maximum atomic E-state index is 4.27. The van der Waals surface area contributed by atoms with Crippen LogP contribution in [0.3, 0.4) is 0 Å². The van der Waals surface area contributed by atoms with Crippen LogP contribution in [0.2, 0.25) is 0 Å². The third kappa shape index (κ3) is 4.87. The fourth-order valence-corrected chi connectivity index (χ4v) is 2.23. The summed E-state index contributed by atoms with van der Waals surface area (Å²) >= 11 is 0. The van der Waals surface area contributed by atoms with Crippen molar-refractivity contribution < 1.29 is 0 Å². The smallest absolute Gasteiger partial charge is 0.0443 e. The molecule has 0 spiro atoms. The zero-order valence-corrected chi connectivity index (χ0v) is 13.4. The summed E-state index contributed by atoms with van der Waals surface area (Å²) in [7, 11) is 2.13. The van der Waals surface area contributed by atoms with E-state index in [1.165, 1.54) is 16.8 Å². The quantitative estimate of drug-likeness (QED) is 0.908. The highest BCUT2D eigenvalue weighted by molar-refractivity contribution is 5.52. The van der Waals surface area contributed by atoms with Crippen LogP contribution >= 0.6 is 0 Å². The monoisotopic (exact) mass is 283 g/mol. The minimum Gasteiger partial charge on any atom is -0.370 e. The molecule has 2 aromatic rings. The zero-order chi connectivity index (χ0) is 15.3. The highest BCUT2D eigenvalue weighted by atomic mass is 15.1. The molecule has 0 unspecified atom stereocenters. The van der Waals surface area contributed by atoms with Gasteiger partial charge in [-0.05, 0) is 32.4 Å². The molecule has 1 heterocycles. The van der Waals surface area contributed by atoms with E-state index in [0.717, 1.165) is 13.1 Å². The summed E-state index contributed by atoms with van der Waals surface area (Å²) in [5.41, 5.74) is 3.87. The predicted molar refractivity (Wildman–Crippen MR) is 89.4 cm³/mol. The molecular weight excluding hydrogens is 258 g/mol. The van der Waals surface area contributed by atoms with E-state index in [0.29, 0.717) is 0 Å². The first-order valence-corrected chi connectivity index (χ1v) is 7.39. The molecule has 0 saturated heterocycles. The van der Waals surface area contributed by atoms with Gasteiger partial charge in [0.05, 0.1) is 0 Å². The summed E-state index contributed by atoms with van der Waals surface area (Å²) in [6.07, 6.45) is 3.81. The second-order valence-electron chi connectivity index (χ2n) is 6.45. The molecule has 0 radical (unpaired) electrons. The number of nitrogens with zero attached hydrogens (tertiary/aromatic N) is 2. The number of rotatable bonds is 5. The molecule has 0 aliphatic heterocycles. The first-order valence-electron chi connectivity index (χ1n) is 7.39. The van der Waals surface area contributed by atoms with E-state index in [9.17, 15) is 0 Å². The molecule has 21 heavy (non-hydrogen) atoms. The average Bonchev–Trinajstić information content (AvgIpc) is 2.46. The molecular formula is C18H25N3. The third-order valence-electron chi connectivity index (χ3n) is 3.36. The van der Waals surface area contributed by atoms with Crippen molar-refractivity contribution in [1.29, 1.82) is 0 Å². The molecule has 0 saturated carbocycles. The van der Waals surface area contributed by atoms with E-state index < -0.39 is 0 Å². The summed E-state index contributed by atoms with van der Waals surface area (Å²) in [6, 6.07) is 12.6.